The number of hydrogen-bond acceptors (Lipinski definition) is 5. The average molecular weight is 323 g/mol. The van der Waals surface area contributed by atoms with Gasteiger partial charge in [-0.05, 0) is 36.8 Å². The van der Waals surface area contributed by atoms with Gasteiger partial charge in [0.2, 0.25) is 5.88 Å². The van der Waals surface area contributed by atoms with E-state index in [0.29, 0.717) is 11.7 Å². The van der Waals surface area contributed by atoms with Crippen LogP contribution in [0.5, 0.6) is 5.75 Å². The fourth-order valence-electron chi connectivity index (χ4n) is 2.52. The number of methoxy groups -OCH3 is 1. The van der Waals surface area contributed by atoms with E-state index in [2.05, 4.69) is 23.9 Å². The third-order valence-electron chi connectivity index (χ3n) is 3.91. The molecular weight excluding hydrogens is 302 g/mol. The molecule has 0 spiro atoms. The van der Waals surface area contributed by atoms with Crippen LogP contribution >= 0.6 is 0 Å². The Morgan fingerprint density at radius 2 is 2.08 bits per heavy atom. The quantitative estimate of drug-likeness (QED) is 0.687. The van der Waals surface area contributed by atoms with Gasteiger partial charge in [0.1, 0.15) is 11.9 Å². The lowest BCUT2D eigenvalue weighted by Crippen LogP contribution is -2.38. The zero-order valence-electron chi connectivity index (χ0n) is 14.0. The molecular formula is C19H21N3O2. The molecule has 1 aromatic carbocycles. The number of rotatable bonds is 4. The molecule has 0 radical (unpaired) electrons. The monoisotopic (exact) mass is 323 g/mol. The molecule has 5 heteroatoms. The number of ether oxygens (including phenoxy) is 1. The van der Waals surface area contributed by atoms with Crippen molar-refractivity contribution in [3.63, 3.8) is 0 Å². The molecule has 1 unspecified atom stereocenters. The van der Waals surface area contributed by atoms with Gasteiger partial charge in [-0.2, -0.15) is 4.99 Å². The summed E-state index contributed by atoms with van der Waals surface area (Å²) < 4.78 is 10.7. The first-order valence-electron chi connectivity index (χ1n) is 8.08. The minimum Gasteiger partial charge on any atom is -0.497 e. The van der Waals surface area contributed by atoms with E-state index in [-0.39, 0.29) is 0 Å². The van der Waals surface area contributed by atoms with Crippen LogP contribution in [-0.2, 0) is 0 Å². The van der Waals surface area contributed by atoms with E-state index in [1.165, 1.54) is 0 Å². The summed E-state index contributed by atoms with van der Waals surface area (Å²) in [4.78, 5) is 6.43. The molecule has 0 fully saturated rings. The number of benzene rings is 1. The summed E-state index contributed by atoms with van der Waals surface area (Å²) >= 11 is 0. The molecule has 1 aromatic heterocycles. The Kier molecular flexibility index (Phi) is 4.88. The lowest BCUT2D eigenvalue weighted by atomic mass is 10.1. The van der Waals surface area contributed by atoms with Crippen LogP contribution in [0.3, 0.4) is 0 Å². The van der Waals surface area contributed by atoms with E-state index in [9.17, 15) is 0 Å². The minimum absolute atomic E-state index is 0.400. The largest absolute Gasteiger partial charge is 0.497 e. The summed E-state index contributed by atoms with van der Waals surface area (Å²) in [5.74, 6) is 5.21. The van der Waals surface area contributed by atoms with Gasteiger partial charge in [0, 0.05) is 18.0 Å². The number of nitrogens with two attached hydrogens (primary N) is 1. The Bertz CT molecular complexity index is 781. The lowest BCUT2D eigenvalue weighted by Gasteiger charge is -2.29. The van der Waals surface area contributed by atoms with E-state index in [1.54, 1.807) is 13.4 Å². The molecule has 1 aliphatic rings. The molecule has 0 bridgehead atoms. The van der Waals surface area contributed by atoms with Gasteiger partial charge in [-0.1, -0.05) is 19.3 Å². The van der Waals surface area contributed by atoms with Crippen LogP contribution in [0.4, 0.5) is 5.88 Å². The average Bonchev–Trinajstić information content (AvgIpc) is 3.09. The van der Waals surface area contributed by atoms with Gasteiger partial charge in [-0.25, -0.2) is 0 Å². The molecule has 0 amide bonds. The second kappa shape index (κ2) is 7.24. The van der Waals surface area contributed by atoms with Crippen molar-refractivity contribution in [1.82, 2.24) is 4.90 Å². The Hall–Kier alpha value is -2.71. The predicted molar refractivity (Wildman–Crippen MR) is 94.0 cm³/mol. The van der Waals surface area contributed by atoms with Gasteiger partial charge in [0.05, 0.1) is 18.9 Å². The number of aliphatic imine (C=N–C) groups is 1. The summed E-state index contributed by atoms with van der Waals surface area (Å²) in [5, 5.41) is 0. The van der Waals surface area contributed by atoms with Crippen molar-refractivity contribution in [2.45, 2.75) is 32.4 Å². The first-order valence-corrected chi connectivity index (χ1v) is 8.08. The molecule has 0 aliphatic carbocycles. The summed E-state index contributed by atoms with van der Waals surface area (Å²) in [5.41, 5.74) is 8.15. The Morgan fingerprint density at radius 1 is 1.29 bits per heavy atom. The summed E-state index contributed by atoms with van der Waals surface area (Å²) in [6.07, 6.45) is 4.23. The van der Waals surface area contributed by atoms with E-state index in [1.807, 2.05) is 35.2 Å². The van der Waals surface area contributed by atoms with Crippen molar-refractivity contribution in [3.05, 3.63) is 47.7 Å². The van der Waals surface area contributed by atoms with Crippen LogP contribution in [0.15, 0.2) is 46.0 Å². The van der Waals surface area contributed by atoms with Crippen molar-refractivity contribution in [1.29, 1.82) is 0 Å². The summed E-state index contributed by atoms with van der Waals surface area (Å²) in [7, 11) is 1.64. The maximum Gasteiger partial charge on any atom is 0.227 e. The summed E-state index contributed by atoms with van der Waals surface area (Å²) in [6.45, 7) is 2.15. The second-order valence-corrected chi connectivity index (χ2v) is 5.55. The Balaban J connectivity index is 1.98. The van der Waals surface area contributed by atoms with Crippen LogP contribution in [-0.4, -0.2) is 17.8 Å². The van der Waals surface area contributed by atoms with Crippen LogP contribution in [0, 0.1) is 12.0 Å². The summed E-state index contributed by atoms with van der Waals surface area (Å²) in [6, 6.07) is 12.7. The van der Waals surface area contributed by atoms with Crippen molar-refractivity contribution in [3.8, 4) is 17.7 Å². The third-order valence-corrected chi connectivity index (χ3v) is 3.91. The normalized spacial score (nSPS) is 16.0. The lowest BCUT2D eigenvalue weighted by molar-refractivity contribution is 0.414. The van der Waals surface area contributed by atoms with E-state index < -0.39 is 6.17 Å². The van der Waals surface area contributed by atoms with Crippen molar-refractivity contribution in [2.24, 2.45) is 10.7 Å². The number of unbranched alkanes of at least 4 members (excludes halogenated alkanes) is 2. The van der Waals surface area contributed by atoms with Crippen molar-refractivity contribution in [2.75, 3.05) is 7.11 Å². The van der Waals surface area contributed by atoms with Crippen LogP contribution in [0.25, 0.3) is 0 Å². The number of amidine groups is 1. The van der Waals surface area contributed by atoms with Gasteiger partial charge in [0.15, 0.2) is 5.84 Å². The highest BCUT2D eigenvalue weighted by Crippen LogP contribution is 2.34. The number of furan rings is 1. The van der Waals surface area contributed by atoms with Crippen molar-refractivity contribution >= 4 is 11.7 Å². The molecule has 2 N–H and O–H groups in total. The first kappa shape index (κ1) is 16.2. The van der Waals surface area contributed by atoms with Crippen LogP contribution < -0.4 is 10.5 Å². The topological polar surface area (TPSA) is 64.0 Å². The fourth-order valence-corrected chi connectivity index (χ4v) is 2.52. The van der Waals surface area contributed by atoms with Gasteiger partial charge in [0.25, 0.3) is 0 Å². The highest BCUT2D eigenvalue weighted by atomic mass is 16.5. The van der Waals surface area contributed by atoms with E-state index >= 15 is 0 Å². The molecule has 5 nitrogen and oxygen atoms in total. The van der Waals surface area contributed by atoms with Gasteiger partial charge < -0.3 is 14.9 Å². The molecule has 1 atom stereocenters. The molecule has 3 rings (SSSR count). The van der Waals surface area contributed by atoms with Gasteiger partial charge in [-0.3, -0.25) is 4.90 Å². The van der Waals surface area contributed by atoms with Gasteiger partial charge in [-0.15, -0.1) is 0 Å². The molecule has 1 aliphatic heterocycles. The zero-order valence-corrected chi connectivity index (χ0v) is 14.0. The highest BCUT2D eigenvalue weighted by molar-refractivity contribution is 6.02. The predicted octanol–water partition coefficient (Wildman–Crippen LogP) is 3.79. The maximum atomic E-state index is 6.39. The smallest absolute Gasteiger partial charge is 0.227 e. The SMILES string of the molecule is CCCCC#CN1C(c2ccc(OC)cc2)=Nc2occc2C1N. The zero-order chi connectivity index (χ0) is 16.9. The molecule has 24 heavy (non-hydrogen) atoms. The molecule has 2 aromatic rings. The molecule has 0 saturated heterocycles. The first-order chi connectivity index (χ1) is 11.7. The maximum absolute atomic E-state index is 6.39. The van der Waals surface area contributed by atoms with E-state index in [4.69, 9.17) is 14.9 Å². The standard InChI is InChI=1S/C19H21N3O2/c1-3-4-5-6-12-22-17(20)16-11-13-24-19(16)21-18(22)14-7-9-15(23-2)10-8-14/h7-11,13,17H,3-5,20H2,1-2H3. The van der Waals surface area contributed by atoms with Crippen molar-refractivity contribution < 1.29 is 9.15 Å². The Morgan fingerprint density at radius 3 is 2.79 bits per heavy atom. The second-order valence-electron chi connectivity index (χ2n) is 5.55. The fraction of sp³-hybridized carbons (Fsp3) is 0.316. The van der Waals surface area contributed by atoms with Crippen LogP contribution in [0.2, 0.25) is 0 Å². The highest BCUT2D eigenvalue weighted by Gasteiger charge is 2.29. The van der Waals surface area contributed by atoms with Gasteiger partial charge >= 0.3 is 0 Å². The molecule has 0 saturated carbocycles. The third kappa shape index (κ3) is 3.15. The number of nitrogens with zero attached hydrogens (tertiary/aromatic N) is 2. The molecule has 2 heterocycles. The molecule has 124 valence electrons. The number of fused-ring (bicyclic) bond motifs is 1. The van der Waals surface area contributed by atoms with Crippen LogP contribution in [0.1, 0.15) is 43.5 Å². The Labute approximate surface area is 142 Å². The minimum atomic E-state index is -0.400. The number of hydrogen-bond donors (Lipinski definition) is 1. The van der Waals surface area contributed by atoms with E-state index in [0.717, 1.165) is 36.1 Å².